The molecule has 0 saturated carbocycles. The Kier molecular flexibility index (Phi) is 7.60. The molecule has 0 aliphatic carbocycles. The van der Waals surface area contributed by atoms with Crippen molar-refractivity contribution < 1.29 is 70.6 Å². The number of hydrazine groups is 1. The third-order valence-electron chi connectivity index (χ3n) is 0.474. The van der Waals surface area contributed by atoms with E-state index in [2.05, 4.69) is 5.84 Å². The van der Waals surface area contributed by atoms with E-state index in [-0.39, 0.29) is 52.8 Å². The van der Waals surface area contributed by atoms with Crippen molar-refractivity contribution in [2.75, 3.05) is 5.75 Å². The van der Waals surface area contributed by atoms with Gasteiger partial charge < -0.3 is 1.43 Å². The van der Waals surface area contributed by atoms with E-state index in [1.807, 2.05) is 0 Å². The normalized spacial score (nSPS) is 9.80. The van der Waals surface area contributed by atoms with Gasteiger partial charge in [0.25, 0.3) is 16.0 Å². The fraction of sp³-hybridized carbons (Fsp3) is 0.500. The Bertz CT molecular complexity index is 204. The number of carbonyl (C=O) groups is 1. The Hall–Kier alpha value is 0.976. The first-order valence-corrected chi connectivity index (χ1v) is 3.51. The molecule has 0 saturated heterocycles. The van der Waals surface area contributed by atoms with Crippen LogP contribution in [0.15, 0.2) is 0 Å². The zero-order valence-corrected chi connectivity index (χ0v) is 9.30. The zero-order chi connectivity index (χ0) is 7.49. The minimum atomic E-state index is -4.23. The molecule has 0 spiro atoms. The van der Waals surface area contributed by atoms with Crippen LogP contribution in [0.5, 0.6) is 0 Å². The molecule has 0 aliphatic rings. The third kappa shape index (κ3) is 8.98. The number of rotatable bonds is 2. The molecule has 0 aromatic rings. The first-order chi connectivity index (χ1) is 3.95. The molecule has 8 heteroatoms. The Morgan fingerprint density at radius 1 is 1.70 bits per heavy atom. The average Bonchev–Trinajstić information content (AvgIpc) is 1.62. The van der Waals surface area contributed by atoms with Gasteiger partial charge in [-0.25, -0.2) is 5.84 Å². The number of hydrogen-bond acceptors (Lipinski definition) is 4. The molecule has 56 valence electrons. The van der Waals surface area contributed by atoms with Crippen LogP contribution in [0.2, 0.25) is 0 Å². The minimum absolute atomic E-state index is 0. The molecular formula is C2H7KN2O4S. The van der Waals surface area contributed by atoms with E-state index < -0.39 is 21.8 Å². The van der Waals surface area contributed by atoms with Gasteiger partial charge in [0.15, 0.2) is 5.75 Å². The first-order valence-electron chi connectivity index (χ1n) is 1.90. The molecule has 0 fully saturated rings. The summed E-state index contributed by atoms with van der Waals surface area (Å²) in [5.41, 5.74) is 1.54. The molecule has 4 N–H and O–H groups in total. The van der Waals surface area contributed by atoms with Crippen molar-refractivity contribution in [3.05, 3.63) is 0 Å². The molecule has 0 rings (SSSR count). The molecule has 10 heavy (non-hydrogen) atoms. The van der Waals surface area contributed by atoms with Gasteiger partial charge in [-0.2, -0.15) is 8.42 Å². The molecule has 1 amide bonds. The Labute approximate surface area is 102 Å². The standard InChI is InChI=1S/C2H6N2O4S.K.H/c3-4-2(5)1-9(6,7)8;;/h1,3H2,(H,4,5)(H,6,7,8);;/q;+1;-1. The molecule has 0 aromatic heterocycles. The van der Waals surface area contributed by atoms with E-state index in [0.717, 1.165) is 0 Å². The molecule has 0 aromatic carbocycles. The van der Waals surface area contributed by atoms with E-state index in [9.17, 15) is 13.2 Å². The number of amides is 1. The summed E-state index contributed by atoms with van der Waals surface area (Å²) >= 11 is 0. The fourth-order valence-corrected chi connectivity index (χ4v) is 0.622. The van der Waals surface area contributed by atoms with Gasteiger partial charge in [0.1, 0.15) is 0 Å². The molecule has 0 bridgehead atoms. The van der Waals surface area contributed by atoms with Gasteiger partial charge in [-0.15, -0.1) is 0 Å². The SMILES string of the molecule is NNC(=O)CS(=O)(=O)O.[H-].[K+]. The maximum Gasteiger partial charge on any atom is 1.00 e. The maximum absolute atomic E-state index is 10.1. The van der Waals surface area contributed by atoms with Crippen molar-refractivity contribution in [2.24, 2.45) is 5.84 Å². The van der Waals surface area contributed by atoms with Crippen molar-refractivity contribution in [1.82, 2.24) is 5.43 Å². The maximum atomic E-state index is 10.1. The largest absolute Gasteiger partial charge is 1.00 e. The van der Waals surface area contributed by atoms with Crippen molar-refractivity contribution in [3.63, 3.8) is 0 Å². The van der Waals surface area contributed by atoms with Gasteiger partial charge in [0.2, 0.25) is 0 Å². The van der Waals surface area contributed by atoms with Crippen molar-refractivity contribution in [3.8, 4) is 0 Å². The summed E-state index contributed by atoms with van der Waals surface area (Å²) in [6.07, 6.45) is 0. The summed E-state index contributed by atoms with van der Waals surface area (Å²) in [6.45, 7) is 0. The molecule has 0 atom stereocenters. The van der Waals surface area contributed by atoms with E-state index in [4.69, 9.17) is 4.55 Å². The number of hydrogen-bond donors (Lipinski definition) is 3. The van der Waals surface area contributed by atoms with E-state index >= 15 is 0 Å². The number of carbonyl (C=O) groups excluding carboxylic acids is 1. The van der Waals surface area contributed by atoms with E-state index in [1.54, 1.807) is 5.43 Å². The number of nitrogens with two attached hydrogens (primary N) is 1. The summed E-state index contributed by atoms with van der Waals surface area (Å²) in [5.74, 6) is 2.56. The Morgan fingerprint density at radius 2 is 2.10 bits per heavy atom. The van der Waals surface area contributed by atoms with E-state index in [0.29, 0.717) is 0 Å². The smallest absolute Gasteiger partial charge is 1.00 e. The fourth-order valence-electron chi connectivity index (χ4n) is 0.207. The van der Waals surface area contributed by atoms with Gasteiger partial charge in [-0.05, 0) is 0 Å². The van der Waals surface area contributed by atoms with Gasteiger partial charge in [-0.3, -0.25) is 14.8 Å². The van der Waals surface area contributed by atoms with Crippen LogP contribution >= 0.6 is 0 Å². The van der Waals surface area contributed by atoms with E-state index in [1.165, 1.54) is 0 Å². The van der Waals surface area contributed by atoms with Crippen molar-refractivity contribution >= 4 is 16.0 Å². The zero-order valence-electron chi connectivity index (χ0n) is 6.36. The van der Waals surface area contributed by atoms with Crippen LogP contribution in [-0.4, -0.2) is 24.6 Å². The van der Waals surface area contributed by atoms with Crippen LogP contribution in [0.3, 0.4) is 0 Å². The van der Waals surface area contributed by atoms with Crippen LogP contribution in [0.25, 0.3) is 0 Å². The topological polar surface area (TPSA) is 109 Å². The average molecular weight is 194 g/mol. The summed E-state index contributed by atoms with van der Waals surface area (Å²) in [6, 6.07) is 0. The van der Waals surface area contributed by atoms with Crippen LogP contribution in [-0.2, 0) is 14.9 Å². The molecular weight excluding hydrogens is 187 g/mol. The Morgan fingerprint density at radius 3 is 2.20 bits per heavy atom. The predicted octanol–water partition coefficient (Wildman–Crippen LogP) is -5.02. The molecule has 0 heterocycles. The second-order valence-corrected chi connectivity index (χ2v) is 2.75. The summed E-state index contributed by atoms with van der Waals surface area (Å²) in [5, 5.41) is 0. The molecule has 0 aliphatic heterocycles. The van der Waals surface area contributed by atoms with Crippen LogP contribution in [0.1, 0.15) is 1.43 Å². The van der Waals surface area contributed by atoms with Crippen molar-refractivity contribution in [2.45, 2.75) is 0 Å². The molecule has 0 radical (unpaired) electrons. The van der Waals surface area contributed by atoms with Crippen LogP contribution in [0.4, 0.5) is 0 Å². The second kappa shape index (κ2) is 5.60. The van der Waals surface area contributed by atoms with Crippen LogP contribution in [0, 0.1) is 0 Å². The van der Waals surface area contributed by atoms with Gasteiger partial charge in [-0.1, -0.05) is 0 Å². The second-order valence-electron chi connectivity index (χ2n) is 1.29. The number of nitrogens with one attached hydrogen (secondary N) is 1. The minimum Gasteiger partial charge on any atom is -1.00 e. The summed E-state index contributed by atoms with van der Waals surface area (Å²) < 4.78 is 27.7. The summed E-state index contributed by atoms with van der Waals surface area (Å²) in [7, 11) is -4.23. The third-order valence-corrected chi connectivity index (χ3v) is 1.10. The monoisotopic (exact) mass is 194 g/mol. The molecule has 0 unspecified atom stereocenters. The summed E-state index contributed by atoms with van der Waals surface area (Å²) in [4.78, 5) is 10.1. The predicted molar refractivity (Wildman–Crippen MR) is 29.9 cm³/mol. The van der Waals surface area contributed by atoms with Gasteiger partial charge in [0.05, 0.1) is 0 Å². The quantitative estimate of drug-likeness (QED) is 0.134. The van der Waals surface area contributed by atoms with Gasteiger partial charge in [0, 0.05) is 0 Å². The van der Waals surface area contributed by atoms with Crippen molar-refractivity contribution in [1.29, 1.82) is 0 Å². The van der Waals surface area contributed by atoms with Gasteiger partial charge >= 0.3 is 51.4 Å². The molecule has 6 nitrogen and oxygen atoms in total. The Balaban J connectivity index is -0.000000320. The van der Waals surface area contributed by atoms with Crippen LogP contribution < -0.4 is 62.7 Å². The first kappa shape index (κ1) is 13.6.